The summed E-state index contributed by atoms with van der Waals surface area (Å²) < 4.78 is 41.1. The molecule has 2 fully saturated rings. The normalized spacial score (nSPS) is 29.1. The van der Waals surface area contributed by atoms with E-state index in [9.17, 15) is 18.3 Å². The molecular formula is C20H20F3NO. The van der Waals surface area contributed by atoms with Crippen LogP contribution in [0, 0.1) is 17.5 Å². The molecule has 2 saturated heterocycles. The van der Waals surface area contributed by atoms with Crippen molar-refractivity contribution in [2.75, 3.05) is 0 Å². The minimum Gasteiger partial charge on any atom is -0.385 e. The van der Waals surface area contributed by atoms with Gasteiger partial charge in [0.2, 0.25) is 0 Å². The number of aliphatic hydroxyl groups is 1. The van der Waals surface area contributed by atoms with Crippen molar-refractivity contribution in [3.8, 4) is 0 Å². The average molecular weight is 347 g/mol. The average Bonchev–Trinajstić information content (AvgIpc) is 2.84. The number of fused-ring (bicyclic) bond motifs is 2. The first-order valence-electron chi connectivity index (χ1n) is 8.64. The third-order valence-electron chi connectivity index (χ3n) is 5.66. The summed E-state index contributed by atoms with van der Waals surface area (Å²) in [5.41, 5.74) is -0.371. The maximum absolute atomic E-state index is 14.2. The monoisotopic (exact) mass is 347 g/mol. The molecule has 25 heavy (non-hydrogen) atoms. The summed E-state index contributed by atoms with van der Waals surface area (Å²) in [5, 5.41) is 11.0. The van der Waals surface area contributed by atoms with Gasteiger partial charge >= 0.3 is 0 Å². The van der Waals surface area contributed by atoms with Crippen LogP contribution in [0.2, 0.25) is 0 Å². The minimum atomic E-state index is -1.51. The molecule has 2 unspecified atom stereocenters. The third kappa shape index (κ3) is 2.85. The van der Waals surface area contributed by atoms with Crippen LogP contribution >= 0.6 is 0 Å². The molecule has 5 heteroatoms. The molecule has 1 N–H and O–H groups in total. The van der Waals surface area contributed by atoms with Gasteiger partial charge in [-0.1, -0.05) is 36.4 Å². The number of nitrogens with zero attached hydrogens (tertiary/aromatic N) is 1. The van der Waals surface area contributed by atoms with Gasteiger partial charge in [-0.05, 0) is 37.3 Å². The highest BCUT2D eigenvalue weighted by Gasteiger charge is 2.49. The number of halogens is 3. The van der Waals surface area contributed by atoms with Crippen LogP contribution in [0.3, 0.4) is 0 Å². The third-order valence-corrected chi connectivity index (χ3v) is 5.66. The van der Waals surface area contributed by atoms with E-state index in [1.165, 1.54) is 11.6 Å². The predicted molar refractivity (Wildman–Crippen MR) is 88.2 cm³/mol. The van der Waals surface area contributed by atoms with Crippen molar-refractivity contribution >= 4 is 0 Å². The Bertz CT molecular complexity index is 766. The lowest BCUT2D eigenvalue weighted by molar-refractivity contribution is -0.0619. The molecule has 0 radical (unpaired) electrons. The Morgan fingerprint density at radius 3 is 2.20 bits per heavy atom. The molecule has 2 aromatic rings. The lowest BCUT2D eigenvalue weighted by Crippen LogP contribution is -2.49. The van der Waals surface area contributed by atoms with Gasteiger partial charge in [0.05, 0.1) is 5.60 Å². The van der Waals surface area contributed by atoms with Crippen LogP contribution in [0.15, 0.2) is 42.5 Å². The Morgan fingerprint density at radius 1 is 0.920 bits per heavy atom. The Morgan fingerprint density at radius 2 is 1.56 bits per heavy atom. The number of hydrogen-bond donors (Lipinski definition) is 1. The molecule has 0 aliphatic carbocycles. The molecule has 2 nitrogen and oxygen atoms in total. The summed E-state index contributed by atoms with van der Waals surface area (Å²) in [6.07, 6.45) is 2.51. The van der Waals surface area contributed by atoms with Crippen LogP contribution in [-0.4, -0.2) is 22.1 Å². The molecule has 2 aliphatic rings. The van der Waals surface area contributed by atoms with Gasteiger partial charge in [0.25, 0.3) is 0 Å². The largest absolute Gasteiger partial charge is 0.385 e. The summed E-state index contributed by atoms with van der Waals surface area (Å²) in [7, 11) is 0. The van der Waals surface area contributed by atoms with E-state index < -0.39 is 23.1 Å². The van der Waals surface area contributed by atoms with Crippen molar-refractivity contribution < 1.29 is 18.3 Å². The van der Waals surface area contributed by atoms with Crippen molar-refractivity contribution in [1.29, 1.82) is 0 Å². The zero-order chi connectivity index (χ0) is 17.6. The first-order chi connectivity index (χ1) is 12.0. The van der Waals surface area contributed by atoms with E-state index in [2.05, 4.69) is 17.0 Å². The Labute approximate surface area is 144 Å². The fourth-order valence-electron chi connectivity index (χ4n) is 4.47. The lowest BCUT2D eigenvalue weighted by atomic mass is 9.80. The van der Waals surface area contributed by atoms with Gasteiger partial charge in [-0.2, -0.15) is 0 Å². The summed E-state index contributed by atoms with van der Waals surface area (Å²) in [4.78, 5) is 2.35. The Balaban J connectivity index is 1.60. The zero-order valence-corrected chi connectivity index (χ0v) is 13.8. The second-order valence-electron chi connectivity index (χ2n) is 7.21. The van der Waals surface area contributed by atoms with Crippen molar-refractivity contribution in [3.05, 3.63) is 71.0 Å². The highest BCUT2D eigenvalue weighted by molar-refractivity contribution is 5.29. The fourth-order valence-corrected chi connectivity index (χ4v) is 4.47. The first-order valence-corrected chi connectivity index (χ1v) is 8.64. The molecule has 0 aromatic heterocycles. The molecule has 2 atom stereocenters. The molecule has 2 aliphatic heterocycles. The number of rotatable bonds is 3. The quantitative estimate of drug-likeness (QED) is 0.845. The van der Waals surface area contributed by atoms with Crippen LogP contribution in [0.25, 0.3) is 0 Å². The molecule has 4 rings (SSSR count). The van der Waals surface area contributed by atoms with E-state index in [0.717, 1.165) is 25.5 Å². The highest BCUT2D eigenvalue weighted by atomic mass is 19.2. The van der Waals surface area contributed by atoms with Gasteiger partial charge in [0.15, 0.2) is 17.5 Å². The second-order valence-corrected chi connectivity index (χ2v) is 7.21. The van der Waals surface area contributed by atoms with Gasteiger partial charge < -0.3 is 5.11 Å². The highest BCUT2D eigenvalue weighted by Crippen LogP contribution is 2.47. The Kier molecular flexibility index (Phi) is 4.08. The van der Waals surface area contributed by atoms with Crippen LogP contribution in [0.1, 0.15) is 36.8 Å². The molecule has 2 heterocycles. The summed E-state index contributed by atoms with van der Waals surface area (Å²) in [5.74, 6) is -4.00. The van der Waals surface area contributed by atoms with Crippen molar-refractivity contribution in [2.45, 2.75) is 49.9 Å². The topological polar surface area (TPSA) is 23.5 Å². The van der Waals surface area contributed by atoms with Crippen LogP contribution in [-0.2, 0) is 12.1 Å². The van der Waals surface area contributed by atoms with Gasteiger partial charge in [-0.25, -0.2) is 13.2 Å². The maximum Gasteiger partial charge on any atom is 0.194 e. The molecule has 0 spiro atoms. The fraction of sp³-hybridized carbons (Fsp3) is 0.400. The minimum absolute atomic E-state index is 0.108. The van der Waals surface area contributed by atoms with Gasteiger partial charge in [-0.15, -0.1) is 0 Å². The lowest BCUT2D eigenvalue weighted by Gasteiger charge is -2.44. The van der Waals surface area contributed by atoms with Gasteiger partial charge in [0.1, 0.15) is 0 Å². The molecular weight excluding hydrogens is 327 g/mol. The molecule has 0 amide bonds. The predicted octanol–water partition coefficient (Wildman–Crippen LogP) is 4.12. The van der Waals surface area contributed by atoms with E-state index in [1.54, 1.807) is 0 Å². The van der Waals surface area contributed by atoms with E-state index in [-0.39, 0.29) is 17.6 Å². The SMILES string of the molecule is OC1(c2ccc(F)c(F)c2F)CC2CCC(C1)N2Cc1ccccc1. The summed E-state index contributed by atoms with van der Waals surface area (Å²) in [6.45, 7) is 0.784. The van der Waals surface area contributed by atoms with Crippen molar-refractivity contribution in [3.63, 3.8) is 0 Å². The smallest absolute Gasteiger partial charge is 0.194 e. The summed E-state index contributed by atoms with van der Waals surface area (Å²) >= 11 is 0. The maximum atomic E-state index is 14.2. The summed E-state index contributed by atoms with van der Waals surface area (Å²) in [6, 6.07) is 12.4. The zero-order valence-electron chi connectivity index (χ0n) is 13.8. The van der Waals surface area contributed by atoms with Crippen molar-refractivity contribution in [1.82, 2.24) is 4.90 Å². The van der Waals surface area contributed by atoms with E-state index >= 15 is 0 Å². The molecule has 132 valence electrons. The number of benzene rings is 2. The van der Waals surface area contributed by atoms with E-state index in [1.807, 2.05) is 18.2 Å². The standard InChI is InChI=1S/C20H20F3NO/c21-17-9-8-16(18(22)19(17)23)20(25)10-14-6-7-15(11-20)24(14)12-13-4-2-1-3-5-13/h1-5,8-9,14-15,25H,6-7,10-12H2. The number of hydrogen-bond acceptors (Lipinski definition) is 2. The first kappa shape index (κ1) is 16.6. The van der Waals surface area contributed by atoms with E-state index in [0.29, 0.717) is 12.8 Å². The van der Waals surface area contributed by atoms with Crippen LogP contribution in [0.5, 0.6) is 0 Å². The van der Waals surface area contributed by atoms with E-state index in [4.69, 9.17) is 0 Å². The Hall–Kier alpha value is -1.85. The van der Waals surface area contributed by atoms with Crippen LogP contribution in [0.4, 0.5) is 13.2 Å². The van der Waals surface area contributed by atoms with Crippen LogP contribution < -0.4 is 0 Å². The van der Waals surface area contributed by atoms with Gasteiger partial charge in [-0.3, -0.25) is 4.90 Å². The van der Waals surface area contributed by atoms with Crippen molar-refractivity contribution in [2.24, 2.45) is 0 Å². The number of piperidine rings is 1. The molecule has 2 bridgehead atoms. The molecule has 2 aromatic carbocycles. The molecule has 0 saturated carbocycles. The second kappa shape index (κ2) is 6.15. The van der Waals surface area contributed by atoms with Gasteiger partial charge in [0, 0.05) is 24.2 Å².